The van der Waals surface area contributed by atoms with E-state index in [1.807, 2.05) is 13.8 Å². The molecule has 0 spiro atoms. The first-order chi connectivity index (χ1) is 22.2. The lowest BCUT2D eigenvalue weighted by Gasteiger charge is -2.36. The van der Waals surface area contributed by atoms with E-state index in [0.717, 1.165) is 38.7 Å². The van der Waals surface area contributed by atoms with Crippen molar-refractivity contribution in [3.8, 4) is 0 Å². The standard InChI is InChI=1S/C29H40F3N9O3.C2H6/c1-3-33-24(30)27(43)36-23(20-6-4-8-29(31,32)17-20)22-18-41-28(35-22)37-25(40-12-10-39(11-13-40)14-15-44-2)21(38-41)16-19-7-5-9-34-26(19)42;1-2/h3,18-20,23H,1,4-17H2,2H3,(H,34,42)(H,36,43);1-2H3/t19?,20-,23?;/m0./s1. The van der Waals surface area contributed by atoms with E-state index in [9.17, 15) is 22.8 Å². The number of nitrogens with one attached hydrogen (secondary N) is 2. The van der Waals surface area contributed by atoms with Crippen LogP contribution in [0, 0.1) is 11.8 Å². The van der Waals surface area contributed by atoms with E-state index in [1.165, 1.54) is 4.52 Å². The first kappa shape index (κ1) is 35.3. The lowest BCUT2D eigenvalue weighted by molar-refractivity contribution is -0.126. The van der Waals surface area contributed by atoms with Gasteiger partial charge in [-0.3, -0.25) is 14.5 Å². The number of methoxy groups -OCH3 is 1. The van der Waals surface area contributed by atoms with E-state index in [0.29, 0.717) is 50.6 Å². The van der Waals surface area contributed by atoms with Gasteiger partial charge in [-0.05, 0) is 31.6 Å². The van der Waals surface area contributed by atoms with Gasteiger partial charge in [0.25, 0.3) is 17.7 Å². The highest BCUT2D eigenvalue weighted by Crippen LogP contribution is 2.42. The number of alkyl halides is 2. The number of nitrogens with zero attached hydrogens (tertiary/aromatic N) is 7. The Kier molecular flexibility index (Phi) is 12.5. The van der Waals surface area contributed by atoms with Crippen LogP contribution < -0.4 is 15.5 Å². The number of fused-ring (bicyclic) bond motifs is 1. The minimum absolute atomic E-state index is 0.0241. The second-order valence-electron chi connectivity index (χ2n) is 11.7. The maximum Gasteiger partial charge on any atom is 0.300 e. The number of aliphatic imine (C=N–C) groups is 1. The fraction of sp³-hybridized carbons (Fsp3) is 0.677. The van der Waals surface area contributed by atoms with Gasteiger partial charge in [0.15, 0.2) is 5.82 Å². The Morgan fingerprint density at radius 2 is 2.00 bits per heavy atom. The van der Waals surface area contributed by atoms with Crippen molar-refractivity contribution >= 4 is 29.4 Å². The Labute approximate surface area is 267 Å². The molecule has 12 nitrogen and oxygen atoms in total. The lowest BCUT2D eigenvalue weighted by Crippen LogP contribution is -2.48. The summed E-state index contributed by atoms with van der Waals surface area (Å²) in [5, 5.41) is 10.3. The van der Waals surface area contributed by atoms with Crippen LogP contribution in [0.4, 0.5) is 19.0 Å². The van der Waals surface area contributed by atoms with Gasteiger partial charge in [-0.25, -0.2) is 23.3 Å². The van der Waals surface area contributed by atoms with Crippen LogP contribution in [-0.2, 0) is 20.7 Å². The van der Waals surface area contributed by atoms with Crippen molar-refractivity contribution in [1.82, 2.24) is 35.1 Å². The SMILES string of the molecule is C=CN=C(F)C(=O)NC(c1cn2nc(CC3CCCNC3=O)c(N3CCN(CCOC)CC3)nc2n1)[C@H]1CCCC(F)(F)C1.CC. The molecule has 2 aliphatic heterocycles. The number of rotatable bonds is 11. The molecule has 3 fully saturated rings. The highest BCUT2D eigenvalue weighted by Gasteiger charge is 2.41. The number of piperazine rings is 1. The number of amides is 2. The molecule has 46 heavy (non-hydrogen) atoms. The molecule has 1 saturated carbocycles. The smallest absolute Gasteiger partial charge is 0.300 e. The second-order valence-corrected chi connectivity index (χ2v) is 11.7. The van der Waals surface area contributed by atoms with E-state index in [-0.39, 0.29) is 36.1 Å². The molecule has 2 saturated heterocycles. The zero-order valence-corrected chi connectivity index (χ0v) is 27.0. The van der Waals surface area contributed by atoms with E-state index in [1.54, 1.807) is 13.3 Å². The quantitative estimate of drug-likeness (QED) is 0.354. The molecule has 3 aliphatic rings. The maximum absolute atomic E-state index is 14.5. The summed E-state index contributed by atoms with van der Waals surface area (Å²) in [6.45, 7) is 12.4. The van der Waals surface area contributed by atoms with Gasteiger partial charge in [0, 0.05) is 77.8 Å². The van der Waals surface area contributed by atoms with Gasteiger partial charge in [0.1, 0.15) is 5.69 Å². The number of ether oxygens (including phenoxy) is 1. The summed E-state index contributed by atoms with van der Waals surface area (Å²) < 4.78 is 49.9. The monoisotopic (exact) mass is 649 g/mol. The number of anilines is 1. The lowest BCUT2D eigenvalue weighted by atomic mass is 9.80. The van der Waals surface area contributed by atoms with Crippen LogP contribution >= 0.6 is 0 Å². The molecular weight excluding hydrogens is 603 g/mol. The van der Waals surface area contributed by atoms with Crippen LogP contribution in [0.2, 0.25) is 0 Å². The number of hydrogen-bond acceptors (Lipinski definition) is 9. The largest absolute Gasteiger partial charge is 0.383 e. The van der Waals surface area contributed by atoms with Crippen LogP contribution in [0.25, 0.3) is 5.78 Å². The molecule has 0 aromatic carbocycles. The van der Waals surface area contributed by atoms with E-state index >= 15 is 0 Å². The molecule has 3 atom stereocenters. The van der Waals surface area contributed by atoms with Crippen molar-refractivity contribution in [1.29, 1.82) is 0 Å². The first-order valence-corrected chi connectivity index (χ1v) is 16.2. The average Bonchev–Trinajstić information content (AvgIpc) is 3.46. The summed E-state index contributed by atoms with van der Waals surface area (Å²) in [6, 6.07) is -1.02. The third-order valence-electron chi connectivity index (χ3n) is 8.65. The number of imidazole rings is 1. The maximum atomic E-state index is 14.5. The minimum atomic E-state index is -2.92. The summed E-state index contributed by atoms with van der Waals surface area (Å²) in [5.41, 5.74) is 0.873. The van der Waals surface area contributed by atoms with Gasteiger partial charge in [-0.1, -0.05) is 20.4 Å². The van der Waals surface area contributed by atoms with Gasteiger partial charge in [-0.15, -0.1) is 0 Å². The highest BCUT2D eigenvalue weighted by molar-refractivity contribution is 6.34. The fourth-order valence-corrected chi connectivity index (χ4v) is 6.33. The molecule has 2 N–H and O–H groups in total. The summed E-state index contributed by atoms with van der Waals surface area (Å²) >= 11 is 0. The number of piperidine rings is 1. The number of halogens is 3. The Morgan fingerprint density at radius 1 is 1.24 bits per heavy atom. The summed E-state index contributed by atoms with van der Waals surface area (Å²) in [4.78, 5) is 42.5. The van der Waals surface area contributed by atoms with Gasteiger partial charge in [0.2, 0.25) is 11.8 Å². The fourth-order valence-electron chi connectivity index (χ4n) is 6.33. The molecule has 15 heteroatoms. The molecule has 2 amide bonds. The van der Waals surface area contributed by atoms with Crippen molar-refractivity contribution in [2.45, 2.75) is 70.8 Å². The van der Waals surface area contributed by atoms with Gasteiger partial charge in [0.05, 0.1) is 24.5 Å². The Hall–Kier alpha value is -3.59. The normalized spacial score (nSPS) is 22.9. The van der Waals surface area contributed by atoms with Crippen molar-refractivity contribution < 1.29 is 27.5 Å². The van der Waals surface area contributed by atoms with Crippen molar-refractivity contribution in [2.75, 3.05) is 57.9 Å². The number of carbonyl (C=O) groups excluding carboxylic acids is 2. The van der Waals surface area contributed by atoms with E-state index < -0.39 is 36.2 Å². The topological polar surface area (TPSA) is 129 Å². The molecule has 1 aliphatic carbocycles. The van der Waals surface area contributed by atoms with E-state index in [2.05, 4.69) is 37.0 Å². The highest BCUT2D eigenvalue weighted by atomic mass is 19.3. The second kappa shape index (κ2) is 16.3. The average molecular weight is 650 g/mol. The molecule has 0 radical (unpaired) electrons. The van der Waals surface area contributed by atoms with Crippen LogP contribution in [0.3, 0.4) is 0 Å². The van der Waals surface area contributed by atoms with Crippen LogP contribution in [-0.4, -0.2) is 101 Å². The third-order valence-corrected chi connectivity index (χ3v) is 8.65. The summed E-state index contributed by atoms with van der Waals surface area (Å²) in [5.74, 6) is -5.53. The van der Waals surface area contributed by atoms with Crippen LogP contribution in [0.15, 0.2) is 24.0 Å². The van der Waals surface area contributed by atoms with Crippen molar-refractivity contribution in [3.63, 3.8) is 0 Å². The summed E-state index contributed by atoms with van der Waals surface area (Å²) in [6.07, 6.45) is 4.34. The van der Waals surface area contributed by atoms with Gasteiger partial charge >= 0.3 is 0 Å². The minimum Gasteiger partial charge on any atom is -0.383 e. The Morgan fingerprint density at radius 3 is 2.67 bits per heavy atom. The van der Waals surface area contributed by atoms with Gasteiger partial charge < -0.3 is 20.3 Å². The molecule has 2 aromatic heterocycles. The number of carbonyl (C=O) groups is 2. The first-order valence-electron chi connectivity index (χ1n) is 16.2. The molecule has 2 aromatic rings. The third kappa shape index (κ3) is 8.81. The zero-order chi connectivity index (χ0) is 33.3. The Bertz CT molecular complexity index is 1380. The molecule has 254 valence electrons. The van der Waals surface area contributed by atoms with Gasteiger partial charge in [-0.2, -0.15) is 14.5 Å². The van der Waals surface area contributed by atoms with E-state index in [4.69, 9.17) is 14.8 Å². The molecular formula is C31H46F3N9O3. The molecule has 4 heterocycles. The predicted octanol–water partition coefficient (Wildman–Crippen LogP) is 3.48. The Balaban J connectivity index is 0.00000235. The zero-order valence-electron chi connectivity index (χ0n) is 27.0. The van der Waals surface area contributed by atoms with Crippen molar-refractivity contribution in [2.24, 2.45) is 16.8 Å². The number of aromatic nitrogens is 4. The molecule has 5 rings (SSSR count). The summed E-state index contributed by atoms with van der Waals surface area (Å²) in [7, 11) is 1.68. The molecule has 0 bridgehead atoms. The molecule has 2 unspecified atom stereocenters. The number of hydrogen-bond donors (Lipinski definition) is 2. The predicted molar refractivity (Wildman–Crippen MR) is 169 cm³/mol. The van der Waals surface area contributed by atoms with Crippen LogP contribution in [0.1, 0.15) is 69.8 Å². The van der Waals surface area contributed by atoms with Crippen molar-refractivity contribution in [3.05, 3.63) is 30.4 Å². The van der Waals surface area contributed by atoms with Crippen LogP contribution in [0.5, 0.6) is 0 Å².